The van der Waals surface area contributed by atoms with Gasteiger partial charge in [-0.1, -0.05) is 6.92 Å². The van der Waals surface area contributed by atoms with Gasteiger partial charge in [-0.05, 0) is 13.0 Å². The molecule has 0 bridgehead atoms. The van der Waals surface area contributed by atoms with Crippen LogP contribution in [0.5, 0.6) is 0 Å². The van der Waals surface area contributed by atoms with Crippen LogP contribution in [0.25, 0.3) is 0 Å². The van der Waals surface area contributed by atoms with Crippen LogP contribution in [0.3, 0.4) is 0 Å². The predicted octanol–water partition coefficient (Wildman–Crippen LogP) is -0.370. The average molecular weight is 172 g/mol. The Bertz CT molecular complexity index is 164. The average Bonchev–Trinajstić information content (AvgIpc) is 2.50. The number of hydrogen-bond donors (Lipinski definition) is 2. The van der Waals surface area contributed by atoms with Crippen molar-refractivity contribution in [3.63, 3.8) is 0 Å². The van der Waals surface area contributed by atoms with Gasteiger partial charge in [-0.3, -0.25) is 4.79 Å². The van der Waals surface area contributed by atoms with E-state index in [2.05, 4.69) is 12.2 Å². The van der Waals surface area contributed by atoms with Crippen LogP contribution in [0, 0.1) is 0 Å². The number of primary amides is 1. The van der Waals surface area contributed by atoms with E-state index in [4.69, 9.17) is 10.5 Å². The van der Waals surface area contributed by atoms with Gasteiger partial charge in [0, 0.05) is 13.0 Å². The number of nitrogens with one attached hydrogen (secondary N) is 1. The zero-order chi connectivity index (χ0) is 9.03. The molecule has 70 valence electrons. The Morgan fingerprint density at radius 1 is 1.75 bits per heavy atom. The smallest absolute Gasteiger partial charge is 0.240 e. The van der Waals surface area contributed by atoms with Crippen molar-refractivity contribution >= 4 is 5.91 Å². The van der Waals surface area contributed by atoms with Crippen molar-refractivity contribution in [3.8, 4) is 0 Å². The third-order valence-electron chi connectivity index (χ3n) is 2.21. The summed E-state index contributed by atoms with van der Waals surface area (Å²) >= 11 is 0. The molecule has 1 saturated heterocycles. The lowest BCUT2D eigenvalue weighted by Gasteiger charge is -2.24. The molecule has 4 heteroatoms. The van der Waals surface area contributed by atoms with Crippen LogP contribution >= 0.6 is 0 Å². The van der Waals surface area contributed by atoms with E-state index < -0.39 is 5.54 Å². The summed E-state index contributed by atoms with van der Waals surface area (Å²) < 4.78 is 5.16. The largest absolute Gasteiger partial charge is 0.379 e. The molecule has 4 nitrogen and oxygen atoms in total. The molecule has 1 rings (SSSR count). The molecule has 1 aliphatic rings. The SMILES string of the molecule is CCCNC1(C(N)=O)CCOC1. The van der Waals surface area contributed by atoms with E-state index in [9.17, 15) is 4.79 Å². The van der Waals surface area contributed by atoms with Crippen LogP contribution in [0.15, 0.2) is 0 Å². The van der Waals surface area contributed by atoms with Gasteiger partial charge in [0.25, 0.3) is 0 Å². The molecule has 3 N–H and O–H groups in total. The first-order valence-corrected chi connectivity index (χ1v) is 4.34. The minimum atomic E-state index is -0.587. The van der Waals surface area contributed by atoms with E-state index in [1.165, 1.54) is 0 Å². The molecule has 0 spiro atoms. The number of amides is 1. The molecule has 1 fully saturated rings. The molecule has 1 unspecified atom stereocenters. The van der Waals surface area contributed by atoms with Crippen molar-refractivity contribution in [2.45, 2.75) is 25.3 Å². The van der Waals surface area contributed by atoms with Gasteiger partial charge in [0.05, 0.1) is 6.61 Å². The third kappa shape index (κ3) is 1.76. The molecule has 1 heterocycles. The Morgan fingerprint density at radius 3 is 2.92 bits per heavy atom. The van der Waals surface area contributed by atoms with E-state index in [0.29, 0.717) is 19.6 Å². The predicted molar refractivity (Wildman–Crippen MR) is 45.7 cm³/mol. The van der Waals surface area contributed by atoms with Crippen molar-refractivity contribution in [2.24, 2.45) is 5.73 Å². The van der Waals surface area contributed by atoms with Crippen LogP contribution in [0.1, 0.15) is 19.8 Å². The molecule has 1 atom stereocenters. The number of carbonyl (C=O) groups excluding carboxylic acids is 1. The summed E-state index contributed by atoms with van der Waals surface area (Å²) in [5.41, 5.74) is 4.70. The van der Waals surface area contributed by atoms with E-state index in [0.717, 1.165) is 13.0 Å². The maximum Gasteiger partial charge on any atom is 0.240 e. The zero-order valence-corrected chi connectivity index (χ0v) is 7.43. The topological polar surface area (TPSA) is 64.3 Å². The molecule has 0 aromatic rings. The second kappa shape index (κ2) is 3.87. The third-order valence-corrected chi connectivity index (χ3v) is 2.21. The Kier molecular flexibility index (Phi) is 3.05. The molecule has 12 heavy (non-hydrogen) atoms. The lowest BCUT2D eigenvalue weighted by atomic mass is 9.98. The number of carbonyl (C=O) groups is 1. The number of hydrogen-bond acceptors (Lipinski definition) is 3. The first-order valence-electron chi connectivity index (χ1n) is 4.34. The molecular weight excluding hydrogens is 156 g/mol. The second-order valence-electron chi connectivity index (χ2n) is 3.18. The van der Waals surface area contributed by atoms with E-state index in [-0.39, 0.29) is 5.91 Å². The van der Waals surface area contributed by atoms with Crippen molar-refractivity contribution in [1.82, 2.24) is 5.32 Å². The summed E-state index contributed by atoms with van der Waals surface area (Å²) in [5, 5.41) is 3.14. The molecule has 0 aliphatic carbocycles. The van der Waals surface area contributed by atoms with Gasteiger partial charge in [0.15, 0.2) is 0 Å². The highest BCUT2D eigenvalue weighted by molar-refractivity contribution is 5.85. The molecule has 1 amide bonds. The Hall–Kier alpha value is -0.610. The monoisotopic (exact) mass is 172 g/mol. The molecule has 0 radical (unpaired) electrons. The van der Waals surface area contributed by atoms with Gasteiger partial charge >= 0.3 is 0 Å². The standard InChI is InChI=1S/C8H16N2O2/c1-2-4-10-8(7(9)11)3-5-12-6-8/h10H,2-6H2,1H3,(H2,9,11). The highest BCUT2D eigenvalue weighted by Gasteiger charge is 2.39. The van der Waals surface area contributed by atoms with Crippen molar-refractivity contribution in [2.75, 3.05) is 19.8 Å². The fraction of sp³-hybridized carbons (Fsp3) is 0.875. The van der Waals surface area contributed by atoms with Crippen molar-refractivity contribution in [3.05, 3.63) is 0 Å². The second-order valence-corrected chi connectivity index (χ2v) is 3.18. The number of nitrogens with two attached hydrogens (primary N) is 1. The Morgan fingerprint density at radius 2 is 2.50 bits per heavy atom. The van der Waals surface area contributed by atoms with Gasteiger partial charge in [0.1, 0.15) is 5.54 Å². The molecule has 0 aromatic heterocycles. The maximum atomic E-state index is 11.1. The summed E-state index contributed by atoms with van der Waals surface area (Å²) in [5.74, 6) is -0.298. The van der Waals surface area contributed by atoms with Crippen LogP contribution in [0.4, 0.5) is 0 Å². The molecule has 0 aromatic carbocycles. The lowest BCUT2D eigenvalue weighted by molar-refractivity contribution is -0.124. The Balaban J connectivity index is 2.53. The molecular formula is C8H16N2O2. The zero-order valence-electron chi connectivity index (χ0n) is 7.43. The van der Waals surface area contributed by atoms with Crippen LogP contribution in [0.2, 0.25) is 0 Å². The van der Waals surface area contributed by atoms with Crippen LogP contribution < -0.4 is 11.1 Å². The summed E-state index contributed by atoms with van der Waals surface area (Å²) in [4.78, 5) is 11.1. The highest BCUT2D eigenvalue weighted by atomic mass is 16.5. The van der Waals surface area contributed by atoms with E-state index in [1.807, 2.05) is 0 Å². The quantitative estimate of drug-likeness (QED) is 0.608. The first-order chi connectivity index (χ1) is 5.71. The summed E-state index contributed by atoms with van der Waals surface area (Å²) in [6.07, 6.45) is 1.69. The van der Waals surface area contributed by atoms with Gasteiger partial charge in [-0.25, -0.2) is 0 Å². The summed E-state index contributed by atoms with van der Waals surface area (Å²) in [7, 11) is 0. The van der Waals surface area contributed by atoms with Crippen LogP contribution in [-0.4, -0.2) is 31.2 Å². The van der Waals surface area contributed by atoms with Crippen molar-refractivity contribution < 1.29 is 9.53 Å². The Labute approximate surface area is 72.5 Å². The molecule has 0 saturated carbocycles. The van der Waals surface area contributed by atoms with Gasteiger partial charge < -0.3 is 15.8 Å². The minimum Gasteiger partial charge on any atom is -0.379 e. The van der Waals surface area contributed by atoms with Crippen LogP contribution in [-0.2, 0) is 9.53 Å². The maximum absolute atomic E-state index is 11.1. The van der Waals surface area contributed by atoms with E-state index >= 15 is 0 Å². The van der Waals surface area contributed by atoms with E-state index in [1.54, 1.807) is 0 Å². The van der Waals surface area contributed by atoms with Gasteiger partial charge in [-0.15, -0.1) is 0 Å². The highest BCUT2D eigenvalue weighted by Crippen LogP contribution is 2.17. The number of rotatable bonds is 4. The van der Waals surface area contributed by atoms with Crippen molar-refractivity contribution in [1.29, 1.82) is 0 Å². The summed E-state index contributed by atoms with van der Waals surface area (Å²) in [6, 6.07) is 0. The number of ether oxygens (including phenoxy) is 1. The minimum absolute atomic E-state index is 0.298. The fourth-order valence-electron chi connectivity index (χ4n) is 1.35. The molecule has 1 aliphatic heterocycles. The lowest BCUT2D eigenvalue weighted by Crippen LogP contribution is -2.56. The van der Waals surface area contributed by atoms with Gasteiger partial charge in [-0.2, -0.15) is 0 Å². The normalized spacial score (nSPS) is 29.1. The fourth-order valence-corrected chi connectivity index (χ4v) is 1.35. The first kappa shape index (κ1) is 9.48. The van der Waals surface area contributed by atoms with Gasteiger partial charge in [0.2, 0.25) is 5.91 Å². The summed E-state index contributed by atoms with van der Waals surface area (Å²) in [6.45, 7) is 3.91.